The number of benzene rings is 1. The molecule has 2 aromatic rings. The molecule has 0 aliphatic carbocycles. The van der Waals surface area contributed by atoms with Crippen LogP contribution < -0.4 is 5.32 Å². The number of nitrogens with zero attached hydrogens (tertiary/aromatic N) is 1. The highest BCUT2D eigenvalue weighted by Gasteiger charge is 2.09. The summed E-state index contributed by atoms with van der Waals surface area (Å²) in [5.74, 6) is -1.13. The first-order valence-corrected chi connectivity index (χ1v) is 6.50. The molecular weight excluding hydrogens is 280 g/mol. The van der Waals surface area contributed by atoms with Gasteiger partial charge in [0, 0.05) is 24.4 Å². The molecule has 0 aliphatic heterocycles. The lowest BCUT2D eigenvalue weighted by Crippen LogP contribution is -2.12. The number of nitrogens with one attached hydrogen (secondary N) is 1. The van der Waals surface area contributed by atoms with Crippen molar-refractivity contribution >= 4 is 40.1 Å². The summed E-state index contributed by atoms with van der Waals surface area (Å²) in [6.45, 7) is 0. The van der Waals surface area contributed by atoms with Crippen LogP contribution in [0.3, 0.4) is 0 Å². The number of rotatable bonds is 5. The van der Waals surface area contributed by atoms with Crippen molar-refractivity contribution in [3.63, 3.8) is 0 Å². The van der Waals surface area contributed by atoms with Crippen LogP contribution in [0.4, 0.5) is 5.69 Å². The minimum atomic E-state index is -0.904. The number of carbonyl (C=O) groups excluding carboxylic acids is 1. The first-order valence-electron chi connectivity index (χ1n) is 6.13. The summed E-state index contributed by atoms with van der Waals surface area (Å²) in [7, 11) is 0. The third kappa shape index (κ3) is 3.45. The second-order valence-electron chi connectivity index (χ2n) is 4.29. The predicted octanol–water partition coefficient (Wildman–Crippen LogP) is 3.08. The summed E-state index contributed by atoms with van der Waals surface area (Å²) in [6, 6.07) is 6.96. The number of amides is 1. The second kappa shape index (κ2) is 6.34. The third-order valence-electron chi connectivity index (χ3n) is 2.79. The number of fused-ring (bicyclic) bond motifs is 1. The third-order valence-corrected chi connectivity index (χ3v) is 3.09. The van der Waals surface area contributed by atoms with E-state index >= 15 is 0 Å². The minimum absolute atomic E-state index is 0.0175. The highest BCUT2D eigenvalue weighted by atomic mass is 35.5. The highest BCUT2D eigenvalue weighted by Crippen LogP contribution is 2.28. The second-order valence-corrected chi connectivity index (χ2v) is 4.70. The van der Waals surface area contributed by atoms with Gasteiger partial charge in [-0.25, -0.2) is 0 Å². The van der Waals surface area contributed by atoms with Gasteiger partial charge in [-0.3, -0.25) is 14.6 Å². The van der Waals surface area contributed by atoms with Crippen molar-refractivity contribution in [2.24, 2.45) is 0 Å². The van der Waals surface area contributed by atoms with Gasteiger partial charge in [0.15, 0.2) is 0 Å². The molecule has 0 fully saturated rings. The standard InChI is InChI=1S/C14H13ClN2O3/c15-10-6-7-11(9-3-2-8-16-14(9)10)17-12(18)4-1-5-13(19)20/h2-3,6-8H,1,4-5H2,(H,17,18)(H,19,20). The van der Waals surface area contributed by atoms with Crippen molar-refractivity contribution in [3.8, 4) is 0 Å². The van der Waals surface area contributed by atoms with Crippen LogP contribution in [-0.4, -0.2) is 22.0 Å². The van der Waals surface area contributed by atoms with Crippen LogP contribution in [0.25, 0.3) is 10.9 Å². The Kier molecular flexibility index (Phi) is 4.53. The van der Waals surface area contributed by atoms with E-state index in [0.29, 0.717) is 22.6 Å². The number of carboxylic acids is 1. The van der Waals surface area contributed by atoms with Crippen molar-refractivity contribution in [2.75, 3.05) is 5.32 Å². The number of hydrogen-bond donors (Lipinski definition) is 2. The molecule has 1 aromatic heterocycles. The van der Waals surface area contributed by atoms with Crippen molar-refractivity contribution in [2.45, 2.75) is 19.3 Å². The molecule has 0 saturated carbocycles. The number of carboxylic acid groups (broad SMARTS) is 1. The summed E-state index contributed by atoms with van der Waals surface area (Å²) >= 11 is 6.04. The van der Waals surface area contributed by atoms with E-state index in [1.807, 2.05) is 6.07 Å². The van der Waals surface area contributed by atoms with Gasteiger partial charge < -0.3 is 10.4 Å². The monoisotopic (exact) mass is 292 g/mol. The largest absolute Gasteiger partial charge is 0.481 e. The van der Waals surface area contributed by atoms with Gasteiger partial charge in [-0.15, -0.1) is 0 Å². The molecule has 5 nitrogen and oxygen atoms in total. The van der Waals surface area contributed by atoms with Crippen molar-refractivity contribution in [1.29, 1.82) is 0 Å². The molecule has 0 saturated heterocycles. The number of halogens is 1. The maximum absolute atomic E-state index is 11.8. The summed E-state index contributed by atoms with van der Waals surface area (Å²) < 4.78 is 0. The zero-order chi connectivity index (χ0) is 14.5. The molecule has 0 atom stereocenters. The van der Waals surface area contributed by atoms with Gasteiger partial charge in [-0.2, -0.15) is 0 Å². The molecule has 1 heterocycles. The number of anilines is 1. The van der Waals surface area contributed by atoms with Crippen LogP contribution >= 0.6 is 11.6 Å². The quantitative estimate of drug-likeness (QED) is 0.887. The number of aliphatic carboxylic acids is 1. The van der Waals surface area contributed by atoms with E-state index in [4.69, 9.17) is 16.7 Å². The van der Waals surface area contributed by atoms with Gasteiger partial charge in [0.1, 0.15) is 0 Å². The first kappa shape index (κ1) is 14.3. The molecule has 0 unspecified atom stereocenters. The molecule has 20 heavy (non-hydrogen) atoms. The molecule has 104 valence electrons. The summed E-state index contributed by atoms with van der Waals surface area (Å²) in [4.78, 5) is 26.3. The van der Waals surface area contributed by atoms with Crippen molar-refractivity contribution in [1.82, 2.24) is 4.98 Å². The smallest absolute Gasteiger partial charge is 0.303 e. The lowest BCUT2D eigenvalue weighted by atomic mass is 10.1. The molecule has 0 bridgehead atoms. The molecule has 6 heteroatoms. The van der Waals surface area contributed by atoms with Gasteiger partial charge in [-0.05, 0) is 30.7 Å². The van der Waals surface area contributed by atoms with E-state index in [0.717, 1.165) is 5.39 Å². The van der Waals surface area contributed by atoms with Gasteiger partial charge in [0.25, 0.3) is 0 Å². The Morgan fingerprint density at radius 2 is 2.05 bits per heavy atom. The molecular formula is C14H13ClN2O3. The number of carbonyl (C=O) groups is 2. The van der Waals surface area contributed by atoms with Gasteiger partial charge in [0.05, 0.1) is 16.2 Å². The van der Waals surface area contributed by atoms with E-state index in [1.165, 1.54) is 0 Å². The molecule has 0 aliphatic rings. The number of pyridine rings is 1. The molecule has 2 N–H and O–H groups in total. The molecule has 1 aromatic carbocycles. The van der Waals surface area contributed by atoms with E-state index in [-0.39, 0.29) is 18.7 Å². The van der Waals surface area contributed by atoms with E-state index in [9.17, 15) is 9.59 Å². The van der Waals surface area contributed by atoms with Crippen LogP contribution in [0, 0.1) is 0 Å². The average molecular weight is 293 g/mol. The lowest BCUT2D eigenvalue weighted by Gasteiger charge is -2.09. The van der Waals surface area contributed by atoms with Crippen LogP contribution in [0.5, 0.6) is 0 Å². The average Bonchev–Trinajstić information content (AvgIpc) is 2.42. The Morgan fingerprint density at radius 1 is 1.25 bits per heavy atom. The van der Waals surface area contributed by atoms with E-state index in [2.05, 4.69) is 10.3 Å². The first-order chi connectivity index (χ1) is 9.58. The van der Waals surface area contributed by atoms with Crippen LogP contribution in [-0.2, 0) is 9.59 Å². The fourth-order valence-electron chi connectivity index (χ4n) is 1.86. The van der Waals surface area contributed by atoms with E-state index in [1.54, 1.807) is 24.4 Å². The van der Waals surface area contributed by atoms with Crippen LogP contribution in [0.1, 0.15) is 19.3 Å². The molecule has 0 spiro atoms. The van der Waals surface area contributed by atoms with Gasteiger partial charge in [-0.1, -0.05) is 11.6 Å². The molecule has 0 radical (unpaired) electrons. The fraction of sp³-hybridized carbons (Fsp3) is 0.214. The van der Waals surface area contributed by atoms with Crippen molar-refractivity contribution in [3.05, 3.63) is 35.5 Å². The Bertz CT molecular complexity index is 658. The Hall–Kier alpha value is -2.14. The van der Waals surface area contributed by atoms with Crippen LogP contribution in [0.15, 0.2) is 30.5 Å². The zero-order valence-corrected chi connectivity index (χ0v) is 11.4. The Balaban J connectivity index is 2.12. The maximum Gasteiger partial charge on any atom is 0.303 e. The number of hydrogen-bond acceptors (Lipinski definition) is 3. The molecule has 1 amide bonds. The summed E-state index contributed by atoms with van der Waals surface area (Å²) in [5.41, 5.74) is 1.25. The zero-order valence-electron chi connectivity index (χ0n) is 10.6. The summed E-state index contributed by atoms with van der Waals surface area (Å²) in [5, 5.41) is 12.6. The Labute approximate surface area is 120 Å². The van der Waals surface area contributed by atoms with E-state index < -0.39 is 5.97 Å². The van der Waals surface area contributed by atoms with Crippen LogP contribution in [0.2, 0.25) is 5.02 Å². The summed E-state index contributed by atoms with van der Waals surface area (Å²) in [6.07, 6.45) is 2.09. The Morgan fingerprint density at radius 3 is 2.80 bits per heavy atom. The number of aromatic nitrogens is 1. The van der Waals surface area contributed by atoms with Crippen molar-refractivity contribution < 1.29 is 14.7 Å². The predicted molar refractivity (Wildman–Crippen MR) is 76.9 cm³/mol. The highest BCUT2D eigenvalue weighted by molar-refractivity contribution is 6.35. The lowest BCUT2D eigenvalue weighted by molar-refractivity contribution is -0.137. The maximum atomic E-state index is 11.8. The molecule has 2 rings (SSSR count). The van der Waals surface area contributed by atoms with Gasteiger partial charge >= 0.3 is 5.97 Å². The normalized spacial score (nSPS) is 10.4. The SMILES string of the molecule is O=C(O)CCCC(=O)Nc1ccc(Cl)c2ncccc12. The minimum Gasteiger partial charge on any atom is -0.481 e. The topological polar surface area (TPSA) is 79.3 Å². The fourth-order valence-corrected chi connectivity index (χ4v) is 2.07. The van der Waals surface area contributed by atoms with Gasteiger partial charge in [0.2, 0.25) is 5.91 Å².